The van der Waals surface area contributed by atoms with Gasteiger partial charge in [-0.05, 0) is 49.9 Å². The van der Waals surface area contributed by atoms with Gasteiger partial charge >= 0.3 is 0 Å². The third-order valence-electron chi connectivity index (χ3n) is 3.78. The largest absolute Gasteiger partial charge is 0.358 e. The first-order valence-corrected chi connectivity index (χ1v) is 6.07. The van der Waals surface area contributed by atoms with Gasteiger partial charge in [0, 0.05) is 23.1 Å². The van der Waals surface area contributed by atoms with Crippen LogP contribution in [0.5, 0.6) is 0 Å². The maximum atomic E-state index is 3.63. The first-order chi connectivity index (χ1) is 7.77. The molecule has 2 nitrogen and oxygen atoms in total. The topological polar surface area (TPSA) is 27.8 Å². The van der Waals surface area contributed by atoms with E-state index < -0.39 is 0 Å². The van der Waals surface area contributed by atoms with Crippen LogP contribution >= 0.6 is 0 Å². The molecule has 2 heteroatoms. The van der Waals surface area contributed by atoms with Crippen molar-refractivity contribution in [3.05, 3.63) is 34.5 Å². The van der Waals surface area contributed by atoms with E-state index in [2.05, 4.69) is 36.3 Å². The normalized spacial score (nSPS) is 16.1. The highest BCUT2D eigenvalue weighted by Gasteiger charge is 2.15. The van der Waals surface area contributed by atoms with Crippen molar-refractivity contribution < 1.29 is 0 Å². The maximum absolute atomic E-state index is 3.63. The van der Waals surface area contributed by atoms with Gasteiger partial charge in [0.15, 0.2) is 0 Å². The second-order valence-electron chi connectivity index (χ2n) is 4.79. The van der Waals surface area contributed by atoms with E-state index in [0.29, 0.717) is 0 Å². The van der Waals surface area contributed by atoms with E-state index in [1.807, 2.05) is 0 Å². The summed E-state index contributed by atoms with van der Waals surface area (Å²) in [6.45, 7) is 6.53. The summed E-state index contributed by atoms with van der Waals surface area (Å²) < 4.78 is 0. The van der Waals surface area contributed by atoms with Crippen LogP contribution in [-0.4, -0.2) is 11.5 Å². The fourth-order valence-electron chi connectivity index (χ4n) is 2.64. The van der Waals surface area contributed by atoms with Gasteiger partial charge in [-0.1, -0.05) is 12.1 Å². The summed E-state index contributed by atoms with van der Waals surface area (Å²) in [6.07, 6.45) is 2.41. The van der Waals surface area contributed by atoms with Gasteiger partial charge in [0.25, 0.3) is 0 Å². The van der Waals surface area contributed by atoms with Gasteiger partial charge in [0.1, 0.15) is 0 Å². The summed E-state index contributed by atoms with van der Waals surface area (Å²) in [7, 11) is 0. The summed E-state index contributed by atoms with van der Waals surface area (Å²) in [6, 6.07) is 4.50. The predicted octanol–water partition coefficient (Wildman–Crippen LogP) is 2.82. The van der Waals surface area contributed by atoms with Gasteiger partial charge in [-0.2, -0.15) is 0 Å². The molecule has 1 aliphatic heterocycles. The summed E-state index contributed by atoms with van der Waals surface area (Å²) >= 11 is 0. The Morgan fingerprint density at radius 2 is 2.06 bits per heavy atom. The van der Waals surface area contributed by atoms with Crippen LogP contribution in [0.25, 0.3) is 10.9 Å². The average Bonchev–Trinajstić information content (AvgIpc) is 2.47. The molecule has 2 heterocycles. The van der Waals surface area contributed by atoms with Crippen molar-refractivity contribution in [2.24, 2.45) is 0 Å². The molecule has 2 aromatic rings. The van der Waals surface area contributed by atoms with Gasteiger partial charge in [-0.25, -0.2) is 0 Å². The number of aryl methyl sites for hydroxylation is 3. The quantitative estimate of drug-likeness (QED) is 0.693. The number of hydrogen-bond acceptors (Lipinski definition) is 1. The minimum atomic E-state index is 1.01. The van der Waals surface area contributed by atoms with Crippen molar-refractivity contribution in [3.63, 3.8) is 0 Å². The zero-order valence-corrected chi connectivity index (χ0v) is 9.98. The second-order valence-corrected chi connectivity index (χ2v) is 4.79. The van der Waals surface area contributed by atoms with Crippen LogP contribution in [0.3, 0.4) is 0 Å². The molecule has 3 rings (SSSR count). The third-order valence-corrected chi connectivity index (χ3v) is 3.78. The minimum Gasteiger partial charge on any atom is -0.358 e. The number of aromatic amines is 1. The molecule has 0 fully saturated rings. The van der Waals surface area contributed by atoms with E-state index in [-0.39, 0.29) is 0 Å². The van der Waals surface area contributed by atoms with Crippen LogP contribution in [0.1, 0.15) is 28.8 Å². The lowest BCUT2D eigenvalue weighted by Gasteiger charge is -2.03. The number of fused-ring (bicyclic) bond motifs is 3. The molecule has 0 unspecified atom stereocenters. The van der Waals surface area contributed by atoms with Crippen LogP contribution in [-0.2, 0) is 13.0 Å². The van der Waals surface area contributed by atoms with Crippen LogP contribution in [0, 0.1) is 13.8 Å². The molecule has 0 aliphatic carbocycles. The van der Waals surface area contributed by atoms with Gasteiger partial charge in [0.05, 0.1) is 0 Å². The van der Waals surface area contributed by atoms with Crippen molar-refractivity contribution in [1.82, 2.24) is 10.3 Å². The Balaban J connectivity index is 2.28. The maximum Gasteiger partial charge on any atom is 0.0491 e. The highest BCUT2D eigenvalue weighted by molar-refractivity contribution is 5.88. The molecule has 1 aromatic heterocycles. The van der Waals surface area contributed by atoms with E-state index in [4.69, 9.17) is 0 Å². The molecule has 0 saturated carbocycles. The molecule has 84 valence electrons. The van der Waals surface area contributed by atoms with Crippen molar-refractivity contribution in [2.75, 3.05) is 6.54 Å². The number of nitrogens with one attached hydrogen (secondary N) is 2. The van der Waals surface area contributed by atoms with E-state index in [0.717, 1.165) is 13.1 Å². The van der Waals surface area contributed by atoms with Crippen LogP contribution < -0.4 is 5.32 Å². The molecule has 1 aliphatic rings. The number of aromatic nitrogens is 1. The number of rotatable bonds is 0. The monoisotopic (exact) mass is 214 g/mol. The van der Waals surface area contributed by atoms with Crippen LogP contribution in [0.15, 0.2) is 12.1 Å². The number of H-pyrrole nitrogens is 1. The Kier molecular flexibility index (Phi) is 2.25. The SMILES string of the molecule is Cc1ccc2c3c([nH]c2c1C)CCCNC3. The zero-order chi connectivity index (χ0) is 11.1. The van der Waals surface area contributed by atoms with Crippen molar-refractivity contribution >= 4 is 10.9 Å². The smallest absolute Gasteiger partial charge is 0.0491 e. The van der Waals surface area contributed by atoms with Crippen molar-refractivity contribution in [2.45, 2.75) is 33.2 Å². The zero-order valence-electron chi connectivity index (χ0n) is 9.98. The second kappa shape index (κ2) is 3.63. The van der Waals surface area contributed by atoms with E-state index in [1.165, 1.54) is 46.1 Å². The van der Waals surface area contributed by atoms with Crippen LogP contribution in [0.4, 0.5) is 0 Å². The average molecular weight is 214 g/mol. The van der Waals surface area contributed by atoms with Crippen molar-refractivity contribution in [1.29, 1.82) is 0 Å². The fraction of sp³-hybridized carbons (Fsp3) is 0.429. The van der Waals surface area contributed by atoms with Gasteiger partial charge < -0.3 is 10.3 Å². The summed E-state index contributed by atoms with van der Waals surface area (Å²) in [5, 5.41) is 4.91. The highest BCUT2D eigenvalue weighted by atomic mass is 14.9. The number of benzene rings is 1. The first kappa shape index (κ1) is 9.91. The van der Waals surface area contributed by atoms with E-state index in [9.17, 15) is 0 Å². The van der Waals surface area contributed by atoms with Crippen molar-refractivity contribution in [3.8, 4) is 0 Å². The summed E-state index contributed by atoms with van der Waals surface area (Å²) in [5.74, 6) is 0. The van der Waals surface area contributed by atoms with Gasteiger partial charge in [-0.15, -0.1) is 0 Å². The summed E-state index contributed by atoms with van der Waals surface area (Å²) in [4.78, 5) is 3.63. The lowest BCUT2D eigenvalue weighted by molar-refractivity contribution is 0.680. The number of hydrogen-bond donors (Lipinski definition) is 2. The first-order valence-electron chi connectivity index (χ1n) is 6.07. The molecule has 0 amide bonds. The molecular formula is C14H18N2. The standard InChI is InChI=1S/C14H18N2/c1-9-5-6-11-12-8-15-7-3-4-13(12)16-14(11)10(9)2/h5-6,15-16H,3-4,7-8H2,1-2H3. The Bertz CT molecular complexity index is 537. The fourth-order valence-corrected chi connectivity index (χ4v) is 2.64. The van der Waals surface area contributed by atoms with Gasteiger partial charge in [0.2, 0.25) is 0 Å². The molecular weight excluding hydrogens is 196 g/mol. The van der Waals surface area contributed by atoms with E-state index in [1.54, 1.807) is 0 Å². The Hall–Kier alpha value is -1.28. The van der Waals surface area contributed by atoms with Crippen LogP contribution in [0.2, 0.25) is 0 Å². The molecule has 1 aromatic carbocycles. The summed E-state index contributed by atoms with van der Waals surface area (Å²) in [5.41, 5.74) is 7.03. The highest BCUT2D eigenvalue weighted by Crippen LogP contribution is 2.28. The Morgan fingerprint density at radius 1 is 1.19 bits per heavy atom. The molecule has 0 radical (unpaired) electrons. The molecule has 16 heavy (non-hydrogen) atoms. The third kappa shape index (κ3) is 1.37. The Labute approximate surface area is 96.1 Å². The molecule has 0 saturated heterocycles. The molecule has 2 N–H and O–H groups in total. The lowest BCUT2D eigenvalue weighted by Crippen LogP contribution is -2.11. The molecule has 0 bridgehead atoms. The van der Waals surface area contributed by atoms with E-state index >= 15 is 0 Å². The molecule has 0 atom stereocenters. The lowest BCUT2D eigenvalue weighted by atomic mass is 10.0. The Morgan fingerprint density at radius 3 is 2.94 bits per heavy atom. The predicted molar refractivity (Wildman–Crippen MR) is 67.8 cm³/mol. The van der Waals surface area contributed by atoms with Gasteiger partial charge in [-0.3, -0.25) is 0 Å². The minimum absolute atomic E-state index is 1.01. The molecule has 0 spiro atoms.